The Kier molecular flexibility index (Phi) is 3.59. The third kappa shape index (κ3) is 2.61. The molecule has 0 aliphatic carbocycles. The molecular formula is C17H20ClN3O. The van der Waals surface area contributed by atoms with Crippen molar-refractivity contribution >= 4 is 11.6 Å². The van der Waals surface area contributed by atoms with Gasteiger partial charge in [-0.15, -0.1) is 0 Å². The number of rotatable bonds is 3. The van der Waals surface area contributed by atoms with Crippen LogP contribution in [0.1, 0.15) is 12.8 Å². The van der Waals surface area contributed by atoms with Gasteiger partial charge in [0.25, 0.3) is 5.56 Å². The summed E-state index contributed by atoms with van der Waals surface area (Å²) in [6.45, 7) is 4.57. The van der Waals surface area contributed by atoms with E-state index >= 15 is 0 Å². The number of nitrogens with zero attached hydrogens (tertiary/aromatic N) is 2. The average Bonchev–Trinajstić information content (AvgIpc) is 2.90. The van der Waals surface area contributed by atoms with E-state index in [1.807, 2.05) is 35.1 Å². The minimum absolute atomic E-state index is 0.0244. The molecule has 5 heteroatoms. The van der Waals surface area contributed by atoms with Crippen LogP contribution in [0.25, 0.3) is 11.1 Å². The first-order valence-electron chi connectivity index (χ1n) is 7.97. The molecule has 2 bridgehead atoms. The fourth-order valence-corrected chi connectivity index (χ4v) is 4.04. The van der Waals surface area contributed by atoms with Gasteiger partial charge in [0.2, 0.25) is 0 Å². The van der Waals surface area contributed by atoms with Crippen molar-refractivity contribution in [2.75, 3.05) is 19.6 Å². The van der Waals surface area contributed by atoms with Gasteiger partial charge < -0.3 is 4.90 Å². The second-order valence-corrected chi connectivity index (χ2v) is 6.98. The zero-order valence-electron chi connectivity index (χ0n) is 12.5. The third-order valence-corrected chi connectivity index (χ3v) is 5.40. The van der Waals surface area contributed by atoms with Gasteiger partial charge in [-0.2, -0.15) is 0 Å². The fraction of sp³-hybridized carbons (Fsp3) is 0.471. The predicted molar refractivity (Wildman–Crippen MR) is 88.2 cm³/mol. The number of halogens is 1. The van der Waals surface area contributed by atoms with Crippen LogP contribution in [0.4, 0.5) is 0 Å². The number of aromatic amines is 1. The third-order valence-electron chi connectivity index (χ3n) is 5.15. The monoisotopic (exact) mass is 317 g/mol. The molecule has 2 aromatic rings. The van der Waals surface area contributed by atoms with Crippen LogP contribution < -0.4 is 5.56 Å². The Bertz CT molecular complexity index is 710. The first-order chi connectivity index (χ1) is 10.7. The Balaban J connectivity index is 1.55. The number of benzene rings is 1. The lowest BCUT2D eigenvalue weighted by Crippen LogP contribution is -2.48. The maximum Gasteiger partial charge on any atom is 0.271 e. The van der Waals surface area contributed by atoms with Crippen LogP contribution in [0.3, 0.4) is 0 Å². The molecule has 1 aromatic heterocycles. The standard InChI is InChI=1S/C17H20ClN3O/c18-15-3-1-13(2-4-15)16-11-21(19-17(16)22)10-14-9-20-7-5-12(14)6-8-20/h1-4,11-12,14H,5-10H2,(H,19,22). The van der Waals surface area contributed by atoms with Crippen LogP contribution in [-0.4, -0.2) is 34.3 Å². The van der Waals surface area contributed by atoms with Crippen molar-refractivity contribution < 1.29 is 0 Å². The molecule has 116 valence electrons. The SMILES string of the molecule is O=c1[nH]n(CC2CN3CCC2CC3)cc1-c1ccc(Cl)cc1. The highest BCUT2D eigenvalue weighted by molar-refractivity contribution is 6.30. The quantitative estimate of drug-likeness (QED) is 0.945. The van der Waals surface area contributed by atoms with Crippen LogP contribution >= 0.6 is 11.6 Å². The lowest BCUT2D eigenvalue weighted by Gasteiger charge is -2.44. The minimum Gasteiger partial charge on any atom is -0.303 e. The second kappa shape index (κ2) is 5.60. The highest BCUT2D eigenvalue weighted by Crippen LogP contribution is 2.33. The van der Waals surface area contributed by atoms with Crippen molar-refractivity contribution in [3.63, 3.8) is 0 Å². The van der Waals surface area contributed by atoms with Crippen LogP contribution in [0.2, 0.25) is 5.02 Å². The predicted octanol–water partition coefficient (Wildman–Crippen LogP) is 2.84. The Hall–Kier alpha value is -1.52. The van der Waals surface area contributed by atoms with Gasteiger partial charge in [0.05, 0.1) is 5.56 Å². The van der Waals surface area contributed by atoms with Crippen molar-refractivity contribution in [1.29, 1.82) is 0 Å². The molecule has 3 fully saturated rings. The normalized spacial score (nSPS) is 27.2. The molecule has 4 nitrogen and oxygen atoms in total. The molecule has 5 rings (SSSR count). The number of hydrogen-bond donors (Lipinski definition) is 1. The van der Waals surface area contributed by atoms with Gasteiger partial charge >= 0.3 is 0 Å². The van der Waals surface area contributed by atoms with Gasteiger partial charge in [-0.25, -0.2) is 0 Å². The van der Waals surface area contributed by atoms with E-state index in [-0.39, 0.29) is 5.56 Å². The highest BCUT2D eigenvalue weighted by Gasteiger charge is 2.34. The van der Waals surface area contributed by atoms with E-state index in [4.69, 9.17) is 11.6 Å². The number of aromatic nitrogens is 2. The summed E-state index contributed by atoms with van der Waals surface area (Å²) in [4.78, 5) is 14.8. The van der Waals surface area contributed by atoms with Gasteiger partial charge in [-0.3, -0.25) is 14.6 Å². The molecular weight excluding hydrogens is 298 g/mol. The second-order valence-electron chi connectivity index (χ2n) is 6.54. The van der Waals surface area contributed by atoms with Crippen molar-refractivity contribution in [3.05, 3.63) is 45.8 Å². The summed E-state index contributed by atoms with van der Waals surface area (Å²) in [7, 11) is 0. The van der Waals surface area contributed by atoms with Gasteiger partial charge in [-0.05, 0) is 55.5 Å². The molecule has 1 atom stereocenters. The Morgan fingerprint density at radius 1 is 1.18 bits per heavy atom. The summed E-state index contributed by atoms with van der Waals surface area (Å²) >= 11 is 5.91. The number of fused-ring (bicyclic) bond motifs is 3. The molecule has 0 radical (unpaired) electrons. The van der Waals surface area contributed by atoms with E-state index < -0.39 is 0 Å². The number of nitrogens with one attached hydrogen (secondary N) is 1. The smallest absolute Gasteiger partial charge is 0.271 e. The summed E-state index contributed by atoms with van der Waals surface area (Å²) in [6, 6.07) is 7.43. The molecule has 0 amide bonds. The van der Waals surface area contributed by atoms with E-state index in [2.05, 4.69) is 10.00 Å². The molecule has 3 aliphatic heterocycles. The van der Waals surface area contributed by atoms with E-state index in [0.717, 1.165) is 23.6 Å². The summed E-state index contributed by atoms with van der Waals surface area (Å²) in [6.07, 6.45) is 4.56. The summed E-state index contributed by atoms with van der Waals surface area (Å²) in [5.41, 5.74) is 1.61. The molecule has 1 aromatic carbocycles. The minimum atomic E-state index is -0.0244. The van der Waals surface area contributed by atoms with Crippen LogP contribution in [-0.2, 0) is 6.54 Å². The Labute approximate surface area is 134 Å². The molecule has 0 spiro atoms. The van der Waals surface area contributed by atoms with Crippen LogP contribution in [0.15, 0.2) is 35.3 Å². The van der Waals surface area contributed by atoms with Crippen molar-refractivity contribution in [3.8, 4) is 11.1 Å². The van der Waals surface area contributed by atoms with E-state index in [9.17, 15) is 4.79 Å². The average molecular weight is 318 g/mol. The van der Waals surface area contributed by atoms with Gasteiger partial charge in [-0.1, -0.05) is 23.7 Å². The van der Waals surface area contributed by atoms with Crippen molar-refractivity contribution in [2.45, 2.75) is 19.4 Å². The summed E-state index contributed by atoms with van der Waals surface area (Å²) in [5, 5.41) is 3.66. The molecule has 4 heterocycles. The molecule has 1 unspecified atom stereocenters. The lowest BCUT2D eigenvalue weighted by atomic mass is 9.79. The molecule has 22 heavy (non-hydrogen) atoms. The molecule has 0 saturated carbocycles. The molecule has 1 N–H and O–H groups in total. The zero-order valence-corrected chi connectivity index (χ0v) is 13.2. The van der Waals surface area contributed by atoms with E-state index in [0.29, 0.717) is 10.9 Å². The largest absolute Gasteiger partial charge is 0.303 e. The number of hydrogen-bond acceptors (Lipinski definition) is 2. The maximum absolute atomic E-state index is 12.2. The Morgan fingerprint density at radius 3 is 2.55 bits per heavy atom. The topological polar surface area (TPSA) is 41.0 Å². The van der Waals surface area contributed by atoms with Gasteiger partial charge in [0.15, 0.2) is 0 Å². The number of H-pyrrole nitrogens is 1. The summed E-state index contributed by atoms with van der Waals surface area (Å²) in [5.74, 6) is 1.47. The first-order valence-corrected chi connectivity index (χ1v) is 8.34. The van der Waals surface area contributed by atoms with Crippen molar-refractivity contribution in [1.82, 2.24) is 14.7 Å². The highest BCUT2D eigenvalue weighted by atomic mass is 35.5. The van der Waals surface area contributed by atoms with E-state index in [1.165, 1.54) is 32.5 Å². The van der Waals surface area contributed by atoms with Gasteiger partial charge in [0.1, 0.15) is 0 Å². The molecule has 3 saturated heterocycles. The van der Waals surface area contributed by atoms with E-state index in [1.54, 1.807) is 0 Å². The molecule has 3 aliphatic rings. The first kappa shape index (κ1) is 14.1. The Morgan fingerprint density at radius 2 is 1.91 bits per heavy atom. The fourth-order valence-electron chi connectivity index (χ4n) is 3.92. The summed E-state index contributed by atoms with van der Waals surface area (Å²) < 4.78 is 1.97. The van der Waals surface area contributed by atoms with Crippen LogP contribution in [0.5, 0.6) is 0 Å². The zero-order chi connectivity index (χ0) is 15.1. The lowest BCUT2D eigenvalue weighted by molar-refractivity contribution is 0.0404. The number of piperidine rings is 3. The maximum atomic E-state index is 12.2. The van der Waals surface area contributed by atoms with Crippen molar-refractivity contribution in [2.24, 2.45) is 11.8 Å². The van der Waals surface area contributed by atoms with Gasteiger partial charge in [0, 0.05) is 24.3 Å². The van der Waals surface area contributed by atoms with Crippen LogP contribution in [0, 0.1) is 11.8 Å².